The standard InChI is InChI=1S/C17H21N3O3S/c21-15-10-23-9-14(15)19-4-1-5-20(7-6-19)17(22)12-2-3-16-13(8-12)18-11-24-16/h2-3,8,11,14-15,21H,1,4-7,9-10H2/t14-,15-/m0/s1. The van der Waals surface area contributed by atoms with Gasteiger partial charge in [0.25, 0.3) is 5.91 Å². The number of fused-ring (bicyclic) bond motifs is 1. The monoisotopic (exact) mass is 347 g/mol. The SMILES string of the molecule is O=C(c1ccc2scnc2c1)N1CCCN([C@H]2COC[C@@H]2O)CC1. The maximum absolute atomic E-state index is 12.8. The predicted molar refractivity (Wildman–Crippen MR) is 92.3 cm³/mol. The number of aliphatic hydroxyl groups excluding tert-OH is 1. The van der Waals surface area contributed by atoms with Crippen molar-refractivity contribution in [2.75, 3.05) is 39.4 Å². The Hall–Kier alpha value is -1.54. The van der Waals surface area contributed by atoms with Crippen LogP contribution in [-0.4, -0.2) is 77.3 Å². The van der Waals surface area contributed by atoms with Crippen LogP contribution in [0.2, 0.25) is 0 Å². The zero-order chi connectivity index (χ0) is 16.5. The third kappa shape index (κ3) is 3.04. The number of ether oxygens (including phenoxy) is 1. The molecule has 0 aliphatic carbocycles. The van der Waals surface area contributed by atoms with E-state index in [1.807, 2.05) is 23.1 Å². The van der Waals surface area contributed by atoms with E-state index >= 15 is 0 Å². The van der Waals surface area contributed by atoms with Crippen molar-refractivity contribution in [1.29, 1.82) is 0 Å². The largest absolute Gasteiger partial charge is 0.389 e. The Morgan fingerprint density at radius 2 is 2.17 bits per heavy atom. The fourth-order valence-corrected chi connectivity index (χ4v) is 4.18. The molecule has 1 N–H and O–H groups in total. The first kappa shape index (κ1) is 16.0. The number of nitrogens with zero attached hydrogens (tertiary/aromatic N) is 3. The second-order valence-electron chi connectivity index (χ2n) is 6.39. The highest BCUT2D eigenvalue weighted by molar-refractivity contribution is 7.16. The van der Waals surface area contributed by atoms with E-state index < -0.39 is 6.10 Å². The van der Waals surface area contributed by atoms with Crippen molar-refractivity contribution in [2.45, 2.75) is 18.6 Å². The quantitative estimate of drug-likeness (QED) is 0.884. The van der Waals surface area contributed by atoms with Gasteiger partial charge < -0.3 is 14.7 Å². The first-order valence-corrected chi connectivity index (χ1v) is 9.23. The van der Waals surface area contributed by atoms with Crippen molar-refractivity contribution in [2.24, 2.45) is 0 Å². The Bertz CT molecular complexity index is 735. The molecule has 0 radical (unpaired) electrons. The molecular formula is C17H21N3O3S. The van der Waals surface area contributed by atoms with E-state index in [1.54, 1.807) is 16.8 Å². The number of carbonyl (C=O) groups is 1. The molecule has 4 rings (SSSR count). The van der Waals surface area contributed by atoms with Crippen LogP contribution in [0.25, 0.3) is 10.2 Å². The summed E-state index contributed by atoms with van der Waals surface area (Å²) in [5.74, 6) is 0.0648. The van der Waals surface area contributed by atoms with E-state index in [0.717, 1.165) is 36.3 Å². The van der Waals surface area contributed by atoms with Gasteiger partial charge in [0.15, 0.2) is 0 Å². The van der Waals surface area contributed by atoms with Gasteiger partial charge in [-0.3, -0.25) is 9.69 Å². The maximum atomic E-state index is 12.8. The molecule has 24 heavy (non-hydrogen) atoms. The summed E-state index contributed by atoms with van der Waals surface area (Å²) in [6, 6.07) is 5.80. The Morgan fingerprint density at radius 1 is 1.25 bits per heavy atom. The number of aromatic nitrogens is 1. The number of aliphatic hydroxyl groups is 1. The molecule has 0 saturated carbocycles. The van der Waals surface area contributed by atoms with Crippen molar-refractivity contribution >= 4 is 27.5 Å². The van der Waals surface area contributed by atoms with Crippen LogP contribution in [0.4, 0.5) is 0 Å². The van der Waals surface area contributed by atoms with Gasteiger partial charge in [0.05, 0.1) is 41.1 Å². The Kier molecular flexibility index (Phi) is 4.49. The molecule has 2 aliphatic heterocycles. The number of thiazole rings is 1. The van der Waals surface area contributed by atoms with E-state index in [9.17, 15) is 9.90 Å². The van der Waals surface area contributed by atoms with Gasteiger partial charge in [-0.1, -0.05) is 0 Å². The van der Waals surface area contributed by atoms with E-state index in [2.05, 4.69) is 9.88 Å². The Balaban J connectivity index is 1.45. The van der Waals surface area contributed by atoms with Crippen molar-refractivity contribution in [3.05, 3.63) is 29.3 Å². The van der Waals surface area contributed by atoms with Gasteiger partial charge in [0.2, 0.25) is 0 Å². The maximum Gasteiger partial charge on any atom is 0.253 e. The molecule has 2 fully saturated rings. The third-order valence-electron chi connectivity index (χ3n) is 4.89. The molecule has 0 unspecified atom stereocenters. The van der Waals surface area contributed by atoms with E-state index in [-0.39, 0.29) is 11.9 Å². The number of hydrogen-bond donors (Lipinski definition) is 1. The summed E-state index contributed by atoms with van der Waals surface area (Å²) >= 11 is 1.58. The molecule has 3 heterocycles. The van der Waals surface area contributed by atoms with Gasteiger partial charge in [0.1, 0.15) is 0 Å². The van der Waals surface area contributed by atoms with Crippen molar-refractivity contribution < 1.29 is 14.6 Å². The normalized spacial score (nSPS) is 26.0. The molecule has 6 nitrogen and oxygen atoms in total. The summed E-state index contributed by atoms with van der Waals surface area (Å²) < 4.78 is 6.46. The molecule has 2 aliphatic rings. The first-order valence-electron chi connectivity index (χ1n) is 8.35. The lowest BCUT2D eigenvalue weighted by Gasteiger charge is -2.28. The molecule has 2 aromatic rings. The minimum absolute atomic E-state index is 0.0615. The van der Waals surface area contributed by atoms with Crippen LogP contribution < -0.4 is 0 Å². The number of hydrogen-bond acceptors (Lipinski definition) is 6. The lowest BCUT2D eigenvalue weighted by Crippen LogP contribution is -2.45. The summed E-state index contributed by atoms with van der Waals surface area (Å²) in [4.78, 5) is 21.3. The van der Waals surface area contributed by atoms with Gasteiger partial charge >= 0.3 is 0 Å². The van der Waals surface area contributed by atoms with Gasteiger partial charge in [-0.05, 0) is 24.6 Å². The van der Waals surface area contributed by atoms with Gasteiger partial charge in [-0.2, -0.15) is 0 Å². The topological polar surface area (TPSA) is 65.9 Å². The molecule has 128 valence electrons. The predicted octanol–water partition coefficient (Wildman–Crippen LogP) is 1.20. The minimum atomic E-state index is -0.417. The molecule has 2 saturated heterocycles. The lowest BCUT2D eigenvalue weighted by molar-refractivity contribution is 0.0725. The highest BCUT2D eigenvalue weighted by atomic mass is 32.1. The fourth-order valence-electron chi connectivity index (χ4n) is 3.53. The fraction of sp³-hybridized carbons (Fsp3) is 0.529. The van der Waals surface area contributed by atoms with Crippen LogP contribution in [0.1, 0.15) is 16.8 Å². The van der Waals surface area contributed by atoms with Crippen LogP contribution >= 0.6 is 11.3 Å². The molecule has 0 bridgehead atoms. The summed E-state index contributed by atoms with van der Waals surface area (Å²) in [6.07, 6.45) is 0.493. The van der Waals surface area contributed by atoms with Crippen LogP contribution in [0, 0.1) is 0 Å². The smallest absolute Gasteiger partial charge is 0.253 e. The highest BCUT2D eigenvalue weighted by Gasteiger charge is 2.33. The van der Waals surface area contributed by atoms with Crippen LogP contribution in [0.3, 0.4) is 0 Å². The number of benzene rings is 1. The Labute approximate surface area is 144 Å². The number of carbonyl (C=O) groups excluding carboxylic acids is 1. The van der Waals surface area contributed by atoms with Gasteiger partial charge in [0, 0.05) is 31.7 Å². The van der Waals surface area contributed by atoms with Crippen molar-refractivity contribution in [1.82, 2.24) is 14.8 Å². The molecule has 0 spiro atoms. The third-order valence-corrected chi connectivity index (χ3v) is 5.70. The number of amides is 1. The molecule has 1 aromatic carbocycles. The molecule has 1 aromatic heterocycles. The molecule has 7 heteroatoms. The second kappa shape index (κ2) is 6.76. The summed E-state index contributed by atoms with van der Waals surface area (Å²) in [6.45, 7) is 4.08. The van der Waals surface area contributed by atoms with E-state index in [0.29, 0.717) is 25.3 Å². The van der Waals surface area contributed by atoms with E-state index in [1.165, 1.54) is 0 Å². The second-order valence-corrected chi connectivity index (χ2v) is 7.28. The average molecular weight is 347 g/mol. The highest BCUT2D eigenvalue weighted by Crippen LogP contribution is 2.21. The number of rotatable bonds is 2. The molecule has 2 atom stereocenters. The minimum Gasteiger partial charge on any atom is -0.389 e. The molecule has 1 amide bonds. The average Bonchev–Trinajstić information content (AvgIpc) is 3.16. The van der Waals surface area contributed by atoms with Crippen molar-refractivity contribution in [3.63, 3.8) is 0 Å². The first-order chi connectivity index (χ1) is 11.7. The summed E-state index contributed by atoms with van der Waals surface area (Å²) in [7, 11) is 0. The lowest BCUT2D eigenvalue weighted by atomic mass is 10.1. The van der Waals surface area contributed by atoms with Crippen LogP contribution in [0.5, 0.6) is 0 Å². The zero-order valence-corrected chi connectivity index (χ0v) is 14.2. The summed E-state index contributed by atoms with van der Waals surface area (Å²) in [5.41, 5.74) is 3.39. The van der Waals surface area contributed by atoms with Crippen LogP contribution in [0.15, 0.2) is 23.7 Å². The van der Waals surface area contributed by atoms with Crippen molar-refractivity contribution in [3.8, 4) is 0 Å². The van der Waals surface area contributed by atoms with Crippen LogP contribution in [-0.2, 0) is 4.74 Å². The van der Waals surface area contributed by atoms with E-state index in [4.69, 9.17) is 4.74 Å². The zero-order valence-electron chi connectivity index (χ0n) is 13.4. The Morgan fingerprint density at radius 3 is 3.00 bits per heavy atom. The van der Waals surface area contributed by atoms with Gasteiger partial charge in [-0.25, -0.2) is 4.98 Å². The molecular weight excluding hydrogens is 326 g/mol. The summed E-state index contributed by atoms with van der Waals surface area (Å²) in [5, 5.41) is 10.0. The van der Waals surface area contributed by atoms with Gasteiger partial charge in [-0.15, -0.1) is 11.3 Å².